The molecule has 25 heavy (non-hydrogen) atoms. The van der Waals surface area contributed by atoms with Crippen molar-refractivity contribution in [2.24, 2.45) is 5.10 Å². The Morgan fingerprint density at radius 1 is 1.12 bits per heavy atom. The molecule has 0 aromatic heterocycles. The molecule has 132 valence electrons. The molecule has 0 atom stereocenters. The van der Waals surface area contributed by atoms with Crippen molar-refractivity contribution in [2.75, 3.05) is 14.2 Å². The number of rotatable bonds is 7. The quantitative estimate of drug-likeness (QED) is 0.406. The molecule has 0 aliphatic heterocycles. The number of ether oxygens (including phenoxy) is 2. The molecular weight excluding hydrogens is 324 g/mol. The van der Waals surface area contributed by atoms with Gasteiger partial charge in [-0.25, -0.2) is 5.43 Å². The van der Waals surface area contributed by atoms with Crippen molar-refractivity contribution in [3.05, 3.63) is 47.5 Å². The second kappa shape index (κ2) is 8.58. The Labute approximate surface area is 145 Å². The summed E-state index contributed by atoms with van der Waals surface area (Å²) in [7, 11) is 3.11. The summed E-state index contributed by atoms with van der Waals surface area (Å²) < 4.78 is 10.4. The topological polar surface area (TPSA) is 100 Å². The molecule has 0 radical (unpaired) electrons. The van der Waals surface area contributed by atoms with Crippen LogP contribution in [0.5, 0.6) is 23.0 Å². The zero-order valence-corrected chi connectivity index (χ0v) is 14.0. The number of hydrogen-bond donors (Lipinski definition) is 3. The van der Waals surface area contributed by atoms with Crippen LogP contribution in [-0.2, 0) is 11.2 Å². The maximum atomic E-state index is 11.8. The van der Waals surface area contributed by atoms with Gasteiger partial charge in [0.1, 0.15) is 11.5 Å². The minimum absolute atomic E-state index is 0.190. The van der Waals surface area contributed by atoms with Crippen LogP contribution < -0.4 is 14.9 Å². The van der Waals surface area contributed by atoms with Crippen molar-refractivity contribution in [3.63, 3.8) is 0 Å². The molecule has 0 unspecified atom stereocenters. The molecule has 0 saturated carbocycles. The molecule has 0 aliphatic rings. The molecule has 1 amide bonds. The zero-order chi connectivity index (χ0) is 18.2. The van der Waals surface area contributed by atoms with Crippen molar-refractivity contribution in [2.45, 2.75) is 12.8 Å². The number of hydrogen-bond acceptors (Lipinski definition) is 6. The smallest absolute Gasteiger partial charge is 0.240 e. The number of aryl methyl sites for hydroxylation is 1. The Bertz CT molecular complexity index is 774. The number of amides is 1. The number of aromatic hydroxyl groups is 2. The van der Waals surface area contributed by atoms with E-state index < -0.39 is 0 Å². The average molecular weight is 344 g/mol. The normalized spacial score (nSPS) is 10.6. The number of hydrazone groups is 1. The van der Waals surface area contributed by atoms with E-state index in [2.05, 4.69) is 10.5 Å². The van der Waals surface area contributed by atoms with Gasteiger partial charge in [0.05, 0.1) is 20.4 Å². The van der Waals surface area contributed by atoms with Gasteiger partial charge >= 0.3 is 0 Å². The number of nitrogens with zero attached hydrogens (tertiary/aromatic N) is 1. The molecule has 0 bridgehead atoms. The number of phenolic OH excluding ortho intramolecular Hbond substituents is 2. The van der Waals surface area contributed by atoms with Crippen molar-refractivity contribution in [3.8, 4) is 23.0 Å². The molecule has 0 spiro atoms. The highest BCUT2D eigenvalue weighted by molar-refractivity contribution is 5.85. The number of benzene rings is 2. The summed E-state index contributed by atoms with van der Waals surface area (Å²) in [5.74, 6) is 0.593. The molecule has 7 nitrogen and oxygen atoms in total. The molecule has 7 heteroatoms. The summed E-state index contributed by atoms with van der Waals surface area (Å²) in [6, 6.07) is 9.71. The lowest BCUT2D eigenvalue weighted by atomic mass is 10.1. The third-order valence-electron chi connectivity index (χ3n) is 3.51. The van der Waals surface area contributed by atoms with Crippen LogP contribution in [0.2, 0.25) is 0 Å². The molecule has 2 aromatic rings. The summed E-state index contributed by atoms with van der Waals surface area (Å²) >= 11 is 0. The van der Waals surface area contributed by atoms with Crippen LogP contribution in [0.1, 0.15) is 17.5 Å². The summed E-state index contributed by atoms with van der Waals surface area (Å²) in [5.41, 5.74) is 3.85. The first-order valence-corrected chi connectivity index (χ1v) is 7.58. The fraction of sp³-hybridized carbons (Fsp3) is 0.222. The number of nitrogens with one attached hydrogen (secondary N) is 1. The number of carbonyl (C=O) groups is 1. The Morgan fingerprint density at radius 2 is 1.92 bits per heavy atom. The van der Waals surface area contributed by atoms with Crippen molar-refractivity contribution in [1.82, 2.24) is 5.43 Å². The highest BCUT2D eigenvalue weighted by Gasteiger charge is 2.05. The monoisotopic (exact) mass is 344 g/mol. The highest BCUT2D eigenvalue weighted by Crippen LogP contribution is 2.25. The van der Waals surface area contributed by atoms with E-state index in [9.17, 15) is 15.0 Å². The van der Waals surface area contributed by atoms with Gasteiger partial charge in [-0.1, -0.05) is 6.07 Å². The van der Waals surface area contributed by atoms with Crippen LogP contribution in [0.25, 0.3) is 0 Å². The first-order valence-electron chi connectivity index (χ1n) is 7.58. The summed E-state index contributed by atoms with van der Waals surface area (Å²) in [4.78, 5) is 11.8. The van der Waals surface area contributed by atoms with E-state index >= 15 is 0 Å². The lowest BCUT2D eigenvalue weighted by molar-refractivity contribution is -0.121. The molecule has 2 rings (SSSR count). The Hall–Kier alpha value is -3.22. The Kier molecular flexibility index (Phi) is 6.22. The van der Waals surface area contributed by atoms with Gasteiger partial charge in [0, 0.05) is 12.0 Å². The van der Waals surface area contributed by atoms with Gasteiger partial charge in [-0.3, -0.25) is 4.79 Å². The fourth-order valence-electron chi connectivity index (χ4n) is 2.15. The lowest BCUT2D eigenvalue weighted by Crippen LogP contribution is -2.17. The fourth-order valence-corrected chi connectivity index (χ4v) is 2.15. The number of phenols is 2. The van der Waals surface area contributed by atoms with E-state index in [1.807, 2.05) is 0 Å². The molecule has 0 fully saturated rings. The average Bonchev–Trinajstić information content (AvgIpc) is 2.62. The summed E-state index contributed by atoms with van der Waals surface area (Å²) in [6.45, 7) is 0. The van der Waals surface area contributed by atoms with Gasteiger partial charge in [-0.2, -0.15) is 5.10 Å². The Balaban J connectivity index is 1.91. The minimum Gasteiger partial charge on any atom is -0.504 e. The van der Waals surface area contributed by atoms with Crippen molar-refractivity contribution in [1.29, 1.82) is 0 Å². The molecular formula is C18H20N2O5. The van der Waals surface area contributed by atoms with Crippen LogP contribution in [-0.4, -0.2) is 36.6 Å². The largest absolute Gasteiger partial charge is 0.504 e. The van der Waals surface area contributed by atoms with Crippen LogP contribution in [0, 0.1) is 0 Å². The predicted octanol–water partition coefficient (Wildman–Crippen LogP) is 2.20. The van der Waals surface area contributed by atoms with E-state index in [0.29, 0.717) is 23.5 Å². The van der Waals surface area contributed by atoms with Crippen molar-refractivity contribution >= 4 is 12.1 Å². The van der Waals surface area contributed by atoms with Gasteiger partial charge in [-0.15, -0.1) is 0 Å². The van der Waals surface area contributed by atoms with Gasteiger partial charge < -0.3 is 19.7 Å². The third kappa shape index (κ3) is 5.13. The van der Waals surface area contributed by atoms with E-state index in [-0.39, 0.29) is 23.8 Å². The van der Waals surface area contributed by atoms with Crippen LogP contribution in [0.3, 0.4) is 0 Å². The molecule has 0 saturated heterocycles. The third-order valence-corrected chi connectivity index (χ3v) is 3.51. The van der Waals surface area contributed by atoms with E-state index in [1.165, 1.54) is 18.3 Å². The molecule has 0 aliphatic carbocycles. The highest BCUT2D eigenvalue weighted by atomic mass is 16.5. The number of methoxy groups -OCH3 is 2. The molecule has 3 N–H and O–H groups in total. The maximum absolute atomic E-state index is 11.8. The van der Waals surface area contributed by atoms with Crippen molar-refractivity contribution < 1.29 is 24.5 Å². The predicted molar refractivity (Wildman–Crippen MR) is 93.4 cm³/mol. The SMILES string of the molecule is COc1ccc(OC)c(C=NNC(=O)CCc2ccc(O)c(O)c2)c1. The lowest BCUT2D eigenvalue weighted by Gasteiger charge is -2.07. The van der Waals surface area contributed by atoms with Gasteiger partial charge in [0.2, 0.25) is 5.91 Å². The van der Waals surface area contributed by atoms with E-state index in [0.717, 1.165) is 5.56 Å². The second-order valence-corrected chi connectivity index (χ2v) is 5.22. The van der Waals surface area contributed by atoms with Gasteiger partial charge in [0.25, 0.3) is 0 Å². The van der Waals surface area contributed by atoms with E-state index in [4.69, 9.17) is 9.47 Å². The standard InChI is InChI=1S/C18H20N2O5/c1-24-14-5-7-17(25-2)13(10-14)11-19-20-18(23)8-4-12-3-6-15(21)16(22)9-12/h3,5-7,9-11,21-22H,4,8H2,1-2H3,(H,20,23). The van der Waals surface area contributed by atoms with Gasteiger partial charge in [0.15, 0.2) is 11.5 Å². The first-order chi connectivity index (χ1) is 12.0. The van der Waals surface area contributed by atoms with Gasteiger partial charge in [-0.05, 0) is 42.3 Å². The second-order valence-electron chi connectivity index (χ2n) is 5.22. The summed E-state index contributed by atoms with van der Waals surface area (Å²) in [5, 5.41) is 22.6. The molecule has 2 aromatic carbocycles. The van der Waals surface area contributed by atoms with Crippen LogP contribution >= 0.6 is 0 Å². The van der Waals surface area contributed by atoms with Crippen LogP contribution in [0.15, 0.2) is 41.5 Å². The minimum atomic E-state index is -0.273. The maximum Gasteiger partial charge on any atom is 0.240 e. The van der Waals surface area contributed by atoms with E-state index in [1.54, 1.807) is 38.5 Å². The van der Waals surface area contributed by atoms with Crippen LogP contribution in [0.4, 0.5) is 0 Å². The molecule has 0 heterocycles. The summed E-state index contributed by atoms with van der Waals surface area (Å²) in [6.07, 6.45) is 2.08. The zero-order valence-electron chi connectivity index (χ0n) is 14.0. The Morgan fingerprint density at radius 3 is 2.60 bits per heavy atom. The first kappa shape index (κ1) is 18.1. The number of carbonyl (C=O) groups excluding carboxylic acids is 1.